The van der Waals surface area contributed by atoms with Crippen LogP contribution in [-0.2, 0) is 16.2 Å². The number of fused-ring (bicyclic) bond motifs is 1. The Balaban J connectivity index is 1.71. The summed E-state index contributed by atoms with van der Waals surface area (Å²) in [7, 11) is 1.64. The number of ether oxygens (including phenoxy) is 1. The smallest absolute Gasteiger partial charge is 0.231 e. The minimum absolute atomic E-state index is 0.0449. The largest absolute Gasteiger partial charge is 0.497 e. The van der Waals surface area contributed by atoms with E-state index in [1.807, 2.05) is 47.4 Å². The second kappa shape index (κ2) is 7.56. The number of methoxy groups -OCH3 is 1. The van der Waals surface area contributed by atoms with E-state index in [0.29, 0.717) is 19.6 Å². The van der Waals surface area contributed by atoms with E-state index in [1.165, 1.54) is 0 Å². The Morgan fingerprint density at radius 2 is 2.04 bits per heavy atom. The molecule has 2 aliphatic heterocycles. The molecule has 2 aromatic carbocycles. The number of rotatable bonds is 4. The maximum Gasteiger partial charge on any atom is 0.231 e. The van der Waals surface area contributed by atoms with Crippen LogP contribution in [0.15, 0.2) is 57.7 Å². The number of oxime groups is 1. The predicted molar refractivity (Wildman–Crippen MR) is 109 cm³/mol. The zero-order valence-electron chi connectivity index (χ0n) is 14.9. The predicted octanol–water partition coefficient (Wildman–Crippen LogP) is 4.55. The maximum absolute atomic E-state index is 13.1. The highest BCUT2D eigenvalue weighted by Gasteiger charge is 2.26. The maximum atomic E-state index is 13.1. The minimum atomic E-state index is 0.0449. The highest BCUT2D eigenvalue weighted by atomic mass is 79.9. The SMILES string of the molecule is COc1ccc(CN2C(=O)CC(C3=NOCC3)=Cc3ccc(Br)cc32)cc1. The highest BCUT2D eigenvalue weighted by Crippen LogP contribution is 2.33. The Bertz CT molecular complexity index is 935. The van der Waals surface area contributed by atoms with Crippen molar-refractivity contribution in [3.05, 3.63) is 63.6 Å². The number of amides is 1. The first kappa shape index (κ1) is 17.8. The van der Waals surface area contributed by atoms with Crippen molar-refractivity contribution >= 4 is 39.3 Å². The summed E-state index contributed by atoms with van der Waals surface area (Å²) in [6.07, 6.45) is 3.11. The molecule has 0 aromatic heterocycles. The quantitative estimate of drug-likeness (QED) is 0.719. The van der Waals surface area contributed by atoms with Gasteiger partial charge in [0.05, 0.1) is 31.5 Å². The number of benzene rings is 2. The Hall–Kier alpha value is -2.60. The van der Waals surface area contributed by atoms with Gasteiger partial charge in [0.25, 0.3) is 0 Å². The van der Waals surface area contributed by atoms with Crippen LogP contribution in [0.25, 0.3) is 6.08 Å². The molecule has 0 fully saturated rings. The van der Waals surface area contributed by atoms with Crippen molar-refractivity contribution in [2.24, 2.45) is 5.16 Å². The molecule has 27 heavy (non-hydrogen) atoms. The molecule has 0 N–H and O–H groups in total. The van der Waals surface area contributed by atoms with Gasteiger partial charge in [-0.2, -0.15) is 0 Å². The number of halogens is 1. The average molecular weight is 427 g/mol. The summed E-state index contributed by atoms with van der Waals surface area (Å²) in [6, 6.07) is 13.8. The number of carbonyl (C=O) groups excluding carboxylic acids is 1. The van der Waals surface area contributed by atoms with Crippen LogP contribution in [-0.4, -0.2) is 25.3 Å². The fourth-order valence-electron chi connectivity index (χ4n) is 3.31. The van der Waals surface area contributed by atoms with Crippen molar-refractivity contribution < 1.29 is 14.4 Å². The Morgan fingerprint density at radius 3 is 2.74 bits per heavy atom. The normalized spacial score (nSPS) is 16.2. The summed E-state index contributed by atoms with van der Waals surface area (Å²) in [5.41, 5.74) is 4.73. The molecule has 5 nitrogen and oxygen atoms in total. The fraction of sp³-hybridized carbons (Fsp3) is 0.238. The summed E-state index contributed by atoms with van der Waals surface area (Å²) in [4.78, 5) is 20.1. The van der Waals surface area contributed by atoms with E-state index < -0.39 is 0 Å². The number of hydrogen-bond donors (Lipinski definition) is 0. The first-order chi connectivity index (χ1) is 13.1. The molecule has 6 heteroatoms. The lowest BCUT2D eigenvalue weighted by atomic mass is 10.0. The van der Waals surface area contributed by atoms with Gasteiger partial charge in [-0.25, -0.2) is 0 Å². The Labute approximate surface area is 166 Å². The minimum Gasteiger partial charge on any atom is -0.497 e. The Morgan fingerprint density at radius 1 is 1.22 bits per heavy atom. The molecular formula is C21H19BrN2O3. The van der Waals surface area contributed by atoms with Crippen LogP contribution in [0, 0.1) is 0 Å². The number of carbonyl (C=O) groups is 1. The van der Waals surface area contributed by atoms with Gasteiger partial charge in [-0.3, -0.25) is 4.79 Å². The zero-order valence-corrected chi connectivity index (χ0v) is 16.5. The van der Waals surface area contributed by atoms with Crippen molar-refractivity contribution in [3.63, 3.8) is 0 Å². The second-order valence-corrected chi connectivity index (χ2v) is 7.41. The van der Waals surface area contributed by atoms with E-state index in [-0.39, 0.29) is 5.91 Å². The monoisotopic (exact) mass is 426 g/mol. The van der Waals surface area contributed by atoms with Crippen LogP contribution in [0.5, 0.6) is 5.75 Å². The second-order valence-electron chi connectivity index (χ2n) is 6.50. The van der Waals surface area contributed by atoms with Gasteiger partial charge in [0.15, 0.2) is 0 Å². The third-order valence-corrected chi connectivity index (χ3v) is 5.22. The lowest BCUT2D eigenvalue weighted by molar-refractivity contribution is -0.118. The summed E-state index contributed by atoms with van der Waals surface area (Å²) in [5, 5.41) is 4.11. The summed E-state index contributed by atoms with van der Waals surface area (Å²) in [6.45, 7) is 1.07. The molecule has 4 rings (SSSR count). The standard InChI is InChI=1S/C21H19BrN2O3/c1-26-18-6-2-14(3-7-18)13-24-20-12-17(22)5-4-15(20)10-16(11-21(24)25)19-8-9-27-23-19/h2-7,10,12H,8-9,11,13H2,1H3. The van der Waals surface area contributed by atoms with Gasteiger partial charge >= 0.3 is 0 Å². The first-order valence-corrected chi connectivity index (χ1v) is 9.56. The summed E-state index contributed by atoms with van der Waals surface area (Å²) in [5.74, 6) is 0.843. The van der Waals surface area contributed by atoms with Gasteiger partial charge in [0.2, 0.25) is 5.91 Å². The van der Waals surface area contributed by atoms with Crippen LogP contribution in [0.4, 0.5) is 5.69 Å². The van der Waals surface area contributed by atoms with Crippen LogP contribution < -0.4 is 9.64 Å². The van der Waals surface area contributed by atoms with Gasteiger partial charge in [-0.15, -0.1) is 0 Å². The third kappa shape index (κ3) is 3.76. The van der Waals surface area contributed by atoms with E-state index in [2.05, 4.69) is 27.2 Å². The highest BCUT2D eigenvalue weighted by molar-refractivity contribution is 9.10. The fourth-order valence-corrected chi connectivity index (χ4v) is 3.66. The molecule has 2 aromatic rings. The van der Waals surface area contributed by atoms with Crippen LogP contribution in [0.2, 0.25) is 0 Å². The topological polar surface area (TPSA) is 51.1 Å². The molecule has 1 amide bonds. The van der Waals surface area contributed by atoms with E-state index in [1.54, 1.807) is 7.11 Å². The van der Waals surface area contributed by atoms with Crippen LogP contribution >= 0.6 is 15.9 Å². The molecule has 2 heterocycles. The van der Waals surface area contributed by atoms with E-state index in [9.17, 15) is 4.79 Å². The van der Waals surface area contributed by atoms with Crippen molar-refractivity contribution in [2.45, 2.75) is 19.4 Å². The molecule has 0 unspecified atom stereocenters. The summed E-state index contributed by atoms with van der Waals surface area (Å²) < 4.78 is 6.16. The van der Waals surface area contributed by atoms with Crippen molar-refractivity contribution in [1.82, 2.24) is 0 Å². The molecule has 0 spiro atoms. The lowest BCUT2D eigenvalue weighted by Crippen LogP contribution is -2.30. The molecule has 138 valence electrons. The molecule has 2 aliphatic rings. The number of hydrogen-bond acceptors (Lipinski definition) is 4. The van der Waals surface area contributed by atoms with Crippen LogP contribution in [0.1, 0.15) is 24.0 Å². The van der Waals surface area contributed by atoms with Crippen molar-refractivity contribution in [3.8, 4) is 5.75 Å². The molecule has 0 aliphatic carbocycles. The van der Waals surface area contributed by atoms with E-state index in [0.717, 1.165) is 44.7 Å². The molecular weight excluding hydrogens is 408 g/mol. The van der Waals surface area contributed by atoms with Gasteiger partial charge in [0.1, 0.15) is 12.4 Å². The van der Waals surface area contributed by atoms with Crippen LogP contribution in [0.3, 0.4) is 0 Å². The van der Waals surface area contributed by atoms with Crippen molar-refractivity contribution in [1.29, 1.82) is 0 Å². The number of nitrogens with zero attached hydrogens (tertiary/aromatic N) is 2. The Kier molecular flexibility index (Phi) is 4.99. The van der Waals surface area contributed by atoms with E-state index in [4.69, 9.17) is 9.57 Å². The third-order valence-electron chi connectivity index (χ3n) is 4.73. The zero-order chi connectivity index (χ0) is 18.8. The van der Waals surface area contributed by atoms with Gasteiger partial charge < -0.3 is 14.5 Å². The first-order valence-electron chi connectivity index (χ1n) is 8.76. The molecule has 0 radical (unpaired) electrons. The van der Waals surface area contributed by atoms with E-state index >= 15 is 0 Å². The molecule has 0 saturated carbocycles. The molecule has 0 saturated heterocycles. The number of anilines is 1. The molecule has 0 bridgehead atoms. The summed E-state index contributed by atoms with van der Waals surface area (Å²) >= 11 is 3.53. The van der Waals surface area contributed by atoms with Crippen molar-refractivity contribution in [2.75, 3.05) is 18.6 Å². The van der Waals surface area contributed by atoms with Gasteiger partial charge in [-0.1, -0.05) is 39.3 Å². The van der Waals surface area contributed by atoms with Gasteiger partial charge in [0, 0.05) is 10.9 Å². The molecule has 0 atom stereocenters. The van der Waals surface area contributed by atoms with Gasteiger partial charge in [-0.05, 0) is 47.0 Å². The average Bonchev–Trinajstić information content (AvgIpc) is 3.18. The lowest BCUT2D eigenvalue weighted by Gasteiger charge is -2.23.